The molecule has 3 rings (SSSR count). The second kappa shape index (κ2) is 5.12. The molecule has 0 N–H and O–H groups in total. The van der Waals surface area contributed by atoms with Crippen molar-refractivity contribution in [3.8, 4) is 0 Å². The second-order valence-electron chi connectivity index (χ2n) is 5.61. The van der Waals surface area contributed by atoms with Crippen LogP contribution in [-0.4, -0.2) is 5.78 Å². The van der Waals surface area contributed by atoms with E-state index in [-0.39, 0.29) is 5.78 Å². The normalized spacial score (nSPS) is 11.0. The fourth-order valence-corrected chi connectivity index (χ4v) is 3.79. The molecular weight excluding hydrogens is 276 g/mol. The Kier molecular flexibility index (Phi) is 3.42. The molecule has 0 radical (unpaired) electrons. The number of fused-ring (bicyclic) bond motifs is 1. The fraction of sp³-hybridized carbons (Fsp3) is 0.211. The van der Waals surface area contributed by atoms with Crippen molar-refractivity contribution in [2.24, 2.45) is 0 Å². The van der Waals surface area contributed by atoms with Gasteiger partial charge in [-0.2, -0.15) is 0 Å². The molecule has 0 saturated carbocycles. The van der Waals surface area contributed by atoms with E-state index in [1.54, 1.807) is 11.3 Å². The van der Waals surface area contributed by atoms with Crippen LogP contribution in [0.15, 0.2) is 35.7 Å². The molecule has 106 valence electrons. The van der Waals surface area contributed by atoms with Gasteiger partial charge in [0.2, 0.25) is 0 Å². The van der Waals surface area contributed by atoms with Crippen LogP contribution in [0, 0.1) is 27.7 Å². The van der Waals surface area contributed by atoms with Crippen LogP contribution in [0.4, 0.5) is 0 Å². The van der Waals surface area contributed by atoms with Crippen LogP contribution in [0.5, 0.6) is 0 Å². The van der Waals surface area contributed by atoms with Crippen molar-refractivity contribution >= 4 is 27.2 Å². The Labute approximate surface area is 129 Å². The summed E-state index contributed by atoms with van der Waals surface area (Å²) in [4.78, 5) is 13.1. The summed E-state index contributed by atoms with van der Waals surface area (Å²) in [5.41, 5.74) is 6.25. The Hall–Kier alpha value is -1.93. The van der Waals surface area contributed by atoms with Gasteiger partial charge in [0, 0.05) is 26.6 Å². The molecule has 0 saturated heterocycles. The zero-order valence-corrected chi connectivity index (χ0v) is 13.6. The van der Waals surface area contributed by atoms with E-state index < -0.39 is 0 Å². The van der Waals surface area contributed by atoms with E-state index in [4.69, 9.17) is 0 Å². The van der Waals surface area contributed by atoms with Gasteiger partial charge in [0.25, 0.3) is 0 Å². The number of benzene rings is 2. The lowest BCUT2D eigenvalue weighted by molar-refractivity contribution is 0.103. The van der Waals surface area contributed by atoms with Crippen LogP contribution in [-0.2, 0) is 0 Å². The van der Waals surface area contributed by atoms with Crippen LogP contribution in [0.2, 0.25) is 0 Å². The first-order chi connectivity index (χ1) is 10.0. The smallest absolute Gasteiger partial charge is 0.195 e. The Balaban J connectivity index is 2.24. The number of carbonyl (C=O) groups is 1. The summed E-state index contributed by atoms with van der Waals surface area (Å²) in [5, 5.41) is 3.05. The van der Waals surface area contributed by atoms with E-state index in [1.165, 1.54) is 15.8 Å². The molecule has 1 aromatic heterocycles. The summed E-state index contributed by atoms with van der Waals surface area (Å²) in [6.07, 6.45) is 0. The highest BCUT2D eigenvalue weighted by atomic mass is 32.1. The van der Waals surface area contributed by atoms with Gasteiger partial charge in [0.05, 0.1) is 0 Å². The fourth-order valence-electron chi connectivity index (χ4n) is 2.85. The summed E-state index contributed by atoms with van der Waals surface area (Å²) < 4.78 is 1.17. The third kappa shape index (κ3) is 2.20. The van der Waals surface area contributed by atoms with Crippen molar-refractivity contribution in [1.29, 1.82) is 0 Å². The van der Waals surface area contributed by atoms with Crippen LogP contribution in [0.1, 0.15) is 38.2 Å². The quantitative estimate of drug-likeness (QED) is 0.581. The first-order valence-electron chi connectivity index (χ1n) is 7.09. The van der Waals surface area contributed by atoms with Gasteiger partial charge >= 0.3 is 0 Å². The maximum Gasteiger partial charge on any atom is 0.195 e. The molecule has 0 aliphatic carbocycles. The highest BCUT2D eigenvalue weighted by molar-refractivity contribution is 7.17. The molecule has 0 aliphatic heterocycles. The van der Waals surface area contributed by atoms with Crippen LogP contribution < -0.4 is 0 Å². The van der Waals surface area contributed by atoms with Gasteiger partial charge in [-0.25, -0.2) is 0 Å². The average Bonchev–Trinajstić information content (AvgIpc) is 2.89. The number of rotatable bonds is 2. The van der Waals surface area contributed by atoms with Crippen LogP contribution in [0.3, 0.4) is 0 Å². The lowest BCUT2D eigenvalue weighted by Crippen LogP contribution is -2.08. The SMILES string of the molecule is Cc1cc(C)c(C)c(C(=O)c2csc3ccccc23)c1C. The maximum absolute atomic E-state index is 13.1. The Morgan fingerprint density at radius 2 is 1.57 bits per heavy atom. The molecular formula is C19H18OS. The number of thiophene rings is 1. The summed E-state index contributed by atoms with van der Waals surface area (Å²) in [6, 6.07) is 10.3. The van der Waals surface area contributed by atoms with E-state index in [9.17, 15) is 4.79 Å². The Bertz CT molecular complexity index is 829. The maximum atomic E-state index is 13.1. The minimum atomic E-state index is 0.147. The zero-order valence-electron chi connectivity index (χ0n) is 12.8. The molecule has 0 amide bonds. The van der Waals surface area contributed by atoms with Gasteiger partial charge < -0.3 is 0 Å². The molecule has 2 aromatic carbocycles. The largest absolute Gasteiger partial charge is 0.289 e. The standard InChI is InChI=1S/C19H18OS/c1-11-9-12(2)14(4)18(13(11)3)19(20)16-10-21-17-8-6-5-7-15(16)17/h5-10H,1-4H3. The lowest BCUT2D eigenvalue weighted by Gasteiger charge is -2.14. The molecule has 21 heavy (non-hydrogen) atoms. The first kappa shape index (κ1) is 14.0. The van der Waals surface area contributed by atoms with E-state index in [0.717, 1.165) is 27.6 Å². The minimum Gasteiger partial charge on any atom is -0.289 e. The third-order valence-electron chi connectivity index (χ3n) is 4.32. The van der Waals surface area contributed by atoms with Gasteiger partial charge in [0.15, 0.2) is 5.78 Å². The molecule has 0 unspecified atom stereocenters. The number of ketones is 1. The Morgan fingerprint density at radius 1 is 0.952 bits per heavy atom. The van der Waals surface area contributed by atoms with Gasteiger partial charge in [0.1, 0.15) is 0 Å². The predicted octanol–water partition coefficient (Wildman–Crippen LogP) is 5.37. The molecule has 2 heteroatoms. The van der Waals surface area contributed by atoms with Crippen molar-refractivity contribution in [3.63, 3.8) is 0 Å². The molecule has 1 heterocycles. The number of hydrogen-bond acceptors (Lipinski definition) is 2. The summed E-state index contributed by atoms with van der Waals surface area (Å²) in [5.74, 6) is 0.147. The molecule has 0 spiro atoms. The van der Waals surface area contributed by atoms with Gasteiger partial charge in [-0.15, -0.1) is 11.3 Å². The summed E-state index contributed by atoms with van der Waals surface area (Å²) >= 11 is 1.64. The van der Waals surface area contributed by atoms with Crippen molar-refractivity contribution < 1.29 is 4.79 Å². The molecule has 1 nitrogen and oxygen atoms in total. The lowest BCUT2D eigenvalue weighted by atomic mass is 9.89. The third-order valence-corrected chi connectivity index (χ3v) is 5.28. The molecule has 0 bridgehead atoms. The van der Waals surface area contributed by atoms with E-state index >= 15 is 0 Å². The highest BCUT2D eigenvalue weighted by Crippen LogP contribution is 2.30. The van der Waals surface area contributed by atoms with Gasteiger partial charge in [-0.1, -0.05) is 24.3 Å². The van der Waals surface area contributed by atoms with Crippen LogP contribution in [0.25, 0.3) is 10.1 Å². The van der Waals surface area contributed by atoms with Gasteiger partial charge in [-0.05, 0) is 56.0 Å². The van der Waals surface area contributed by atoms with Crippen molar-refractivity contribution in [3.05, 3.63) is 69.1 Å². The Morgan fingerprint density at radius 3 is 2.24 bits per heavy atom. The first-order valence-corrected chi connectivity index (χ1v) is 7.97. The van der Waals surface area contributed by atoms with E-state index in [2.05, 4.69) is 26.0 Å². The predicted molar refractivity (Wildman–Crippen MR) is 90.6 cm³/mol. The monoisotopic (exact) mass is 294 g/mol. The minimum absolute atomic E-state index is 0.147. The molecule has 0 aliphatic rings. The van der Waals surface area contributed by atoms with Gasteiger partial charge in [-0.3, -0.25) is 4.79 Å². The number of carbonyl (C=O) groups excluding carboxylic acids is 1. The molecule has 3 aromatic rings. The summed E-state index contributed by atoms with van der Waals surface area (Å²) in [6.45, 7) is 8.24. The number of aryl methyl sites for hydroxylation is 2. The van der Waals surface area contributed by atoms with Crippen molar-refractivity contribution in [2.75, 3.05) is 0 Å². The zero-order chi connectivity index (χ0) is 15.1. The molecule has 0 fully saturated rings. The second-order valence-corrected chi connectivity index (χ2v) is 6.52. The van der Waals surface area contributed by atoms with Crippen molar-refractivity contribution in [1.82, 2.24) is 0 Å². The van der Waals surface area contributed by atoms with Crippen LogP contribution >= 0.6 is 11.3 Å². The topological polar surface area (TPSA) is 17.1 Å². The van der Waals surface area contributed by atoms with E-state index in [0.29, 0.717) is 0 Å². The molecule has 0 atom stereocenters. The van der Waals surface area contributed by atoms with Crippen molar-refractivity contribution in [2.45, 2.75) is 27.7 Å². The highest BCUT2D eigenvalue weighted by Gasteiger charge is 2.20. The summed E-state index contributed by atoms with van der Waals surface area (Å²) in [7, 11) is 0. The number of hydrogen-bond donors (Lipinski definition) is 0. The van der Waals surface area contributed by atoms with E-state index in [1.807, 2.05) is 37.4 Å². The average molecular weight is 294 g/mol.